The van der Waals surface area contributed by atoms with Crippen LogP contribution in [-0.2, 0) is 0 Å². The molecule has 0 amide bonds. The average Bonchev–Trinajstić information content (AvgIpc) is 2.10. The Kier molecular flexibility index (Phi) is 3.08. The molecule has 0 aliphatic carbocycles. The maximum Gasteiger partial charge on any atom is 0.182 e. The summed E-state index contributed by atoms with van der Waals surface area (Å²) in [5.41, 5.74) is 5.10. The minimum atomic E-state index is -0.825. The molecule has 0 heterocycles. The normalized spacial score (nSPS) is 12.6. The number of nitrogens with two attached hydrogens (primary N) is 1. The highest BCUT2D eigenvalue weighted by molar-refractivity contribution is 6.32. The van der Waals surface area contributed by atoms with E-state index < -0.39 is 23.4 Å². The lowest BCUT2D eigenvalue weighted by molar-refractivity contribution is 0.0964. The second-order valence-electron chi connectivity index (χ2n) is 2.94. The van der Waals surface area contributed by atoms with Crippen LogP contribution in [0.15, 0.2) is 12.1 Å². The fourth-order valence-electron chi connectivity index (χ4n) is 0.970. The third-order valence-electron chi connectivity index (χ3n) is 1.72. The number of rotatable bonds is 2. The molecule has 76 valence electrons. The summed E-state index contributed by atoms with van der Waals surface area (Å²) in [6.07, 6.45) is 0. The Morgan fingerprint density at radius 2 is 2.21 bits per heavy atom. The Labute approximate surface area is 85.3 Å². The topological polar surface area (TPSA) is 63.3 Å². The minimum Gasteiger partial charge on any atom is -0.506 e. The standard InChI is InChI=1S/C9H9ClFNO2/c1-4(12)9(14)5-2-6(10)8(13)3-7(5)11/h2-4,13H,12H2,1H3. The van der Waals surface area contributed by atoms with Gasteiger partial charge in [0.05, 0.1) is 16.6 Å². The number of benzene rings is 1. The predicted molar refractivity (Wildman–Crippen MR) is 51.1 cm³/mol. The molecule has 14 heavy (non-hydrogen) atoms. The molecule has 0 saturated heterocycles. The first-order chi connectivity index (χ1) is 6.43. The summed E-state index contributed by atoms with van der Waals surface area (Å²) in [4.78, 5) is 11.3. The van der Waals surface area contributed by atoms with Crippen molar-refractivity contribution >= 4 is 17.4 Å². The molecule has 3 nitrogen and oxygen atoms in total. The molecule has 5 heteroatoms. The van der Waals surface area contributed by atoms with E-state index in [0.29, 0.717) is 0 Å². The Hall–Kier alpha value is -1.13. The van der Waals surface area contributed by atoms with Crippen molar-refractivity contribution in [3.05, 3.63) is 28.5 Å². The van der Waals surface area contributed by atoms with Crippen molar-refractivity contribution in [1.82, 2.24) is 0 Å². The number of carbonyl (C=O) groups excluding carboxylic acids is 1. The van der Waals surface area contributed by atoms with Crippen LogP contribution in [0.5, 0.6) is 5.75 Å². The zero-order chi connectivity index (χ0) is 10.9. The van der Waals surface area contributed by atoms with Gasteiger partial charge in [-0.1, -0.05) is 11.6 Å². The number of carbonyl (C=O) groups is 1. The van der Waals surface area contributed by atoms with Crippen LogP contribution in [-0.4, -0.2) is 16.9 Å². The van der Waals surface area contributed by atoms with Crippen LogP contribution in [0.2, 0.25) is 5.02 Å². The van der Waals surface area contributed by atoms with E-state index in [9.17, 15) is 9.18 Å². The summed E-state index contributed by atoms with van der Waals surface area (Å²) in [6.45, 7) is 1.45. The van der Waals surface area contributed by atoms with Gasteiger partial charge in [0, 0.05) is 6.07 Å². The van der Waals surface area contributed by atoms with Gasteiger partial charge in [-0.3, -0.25) is 4.79 Å². The van der Waals surface area contributed by atoms with Crippen molar-refractivity contribution in [3.8, 4) is 5.75 Å². The number of aromatic hydroxyl groups is 1. The molecule has 0 spiro atoms. The van der Waals surface area contributed by atoms with E-state index in [-0.39, 0.29) is 10.6 Å². The molecule has 0 aromatic heterocycles. The molecule has 3 N–H and O–H groups in total. The summed E-state index contributed by atoms with van der Waals surface area (Å²) in [6, 6.07) is 1.06. The molecule has 0 radical (unpaired) electrons. The maximum atomic E-state index is 13.1. The van der Waals surface area contributed by atoms with E-state index in [0.717, 1.165) is 12.1 Å². The highest BCUT2D eigenvalue weighted by Crippen LogP contribution is 2.26. The van der Waals surface area contributed by atoms with Gasteiger partial charge in [-0.25, -0.2) is 4.39 Å². The SMILES string of the molecule is CC(N)C(=O)c1cc(Cl)c(O)cc1F. The molecule has 0 fully saturated rings. The summed E-state index contributed by atoms with van der Waals surface area (Å²) >= 11 is 5.52. The van der Waals surface area contributed by atoms with Crippen LogP contribution >= 0.6 is 11.6 Å². The number of hydrogen-bond donors (Lipinski definition) is 2. The summed E-state index contributed by atoms with van der Waals surface area (Å²) in [7, 11) is 0. The smallest absolute Gasteiger partial charge is 0.182 e. The molecule has 1 rings (SSSR count). The Morgan fingerprint density at radius 3 is 2.71 bits per heavy atom. The summed E-state index contributed by atoms with van der Waals surface area (Å²) in [5, 5.41) is 8.96. The molecule has 1 aromatic carbocycles. The van der Waals surface area contributed by atoms with Crippen LogP contribution < -0.4 is 5.73 Å². The maximum absolute atomic E-state index is 13.1. The number of Topliss-reactive ketones (excluding diaryl/α,β-unsaturated/α-hetero) is 1. The van der Waals surface area contributed by atoms with Gasteiger partial charge in [0.1, 0.15) is 11.6 Å². The van der Waals surface area contributed by atoms with Crippen molar-refractivity contribution in [2.24, 2.45) is 5.73 Å². The lowest BCUT2D eigenvalue weighted by Crippen LogP contribution is -2.27. The van der Waals surface area contributed by atoms with Crippen molar-refractivity contribution in [3.63, 3.8) is 0 Å². The molecular weight excluding hydrogens is 209 g/mol. The largest absolute Gasteiger partial charge is 0.506 e. The second kappa shape index (κ2) is 3.94. The van der Waals surface area contributed by atoms with Gasteiger partial charge >= 0.3 is 0 Å². The first kappa shape index (κ1) is 10.9. The molecule has 0 aliphatic heterocycles. The van der Waals surface area contributed by atoms with Gasteiger partial charge < -0.3 is 10.8 Å². The van der Waals surface area contributed by atoms with Crippen LogP contribution in [0.1, 0.15) is 17.3 Å². The molecule has 1 atom stereocenters. The van der Waals surface area contributed by atoms with Crippen molar-refractivity contribution in [2.45, 2.75) is 13.0 Å². The Bertz CT molecular complexity index is 379. The fourth-order valence-corrected chi connectivity index (χ4v) is 1.13. The van der Waals surface area contributed by atoms with E-state index in [1.807, 2.05) is 0 Å². The van der Waals surface area contributed by atoms with Gasteiger partial charge in [-0.15, -0.1) is 0 Å². The van der Waals surface area contributed by atoms with Gasteiger partial charge in [0.25, 0.3) is 0 Å². The number of hydrogen-bond acceptors (Lipinski definition) is 3. The van der Waals surface area contributed by atoms with E-state index in [2.05, 4.69) is 0 Å². The molecule has 1 aromatic rings. The first-order valence-corrected chi connectivity index (χ1v) is 4.29. The summed E-state index contributed by atoms with van der Waals surface area (Å²) < 4.78 is 13.1. The van der Waals surface area contributed by atoms with Crippen molar-refractivity contribution in [1.29, 1.82) is 0 Å². The zero-order valence-electron chi connectivity index (χ0n) is 7.42. The van der Waals surface area contributed by atoms with E-state index in [4.69, 9.17) is 22.4 Å². The average molecular weight is 218 g/mol. The van der Waals surface area contributed by atoms with Crippen molar-refractivity contribution < 1.29 is 14.3 Å². The van der Waals surface area contributed by atoms with Crippen LogP contribution in [0.25, 0.3) is 0 Å². The predicted octanol–water partition coefficient (Wildman–Crippen LogP) is 1.71. The number of ketones is 1. The highest BCUT2D eigenvalue weighted by Gasteiger charge is 2.17. The summed E-state index contributed by atoms with van der Waals surface area (Å²) in [5.74, 6) is -1.77. The van der Waals surface area contributed by atoms with Crippen molar-refractivity contribution in [2.75, 3.05) is 0 Å². The van der Waals surface area contributed by atoms with E-state index in [1.165, 1.54) is 6.92 Å². The van der Waals surface area contributed by atoms with Gasteiger partial charge in [0.2, 0.25) is 0 Å². The zero-order valence-corrected chi connectivity index (χ0v) is 8.18. The van der Waals surface area contributed by atoms with E-state index >= 15 is 0 Å². The van der Waals surface area contributed by atoms with Gasteiger partial charge in [-0.05, 0) is 13.0 Å². The molecule has 0 bridgehead atoms. The highest BCUT2D eigenvalue weighted by atomic mass is 35.5. The Balaban J connectivity index is 3.22. The van der Waals surface area contributed by atoms with E-state index in [1.54, 1.807) is 0 Å². The lowest BCUT2D eigenvalue weighted by Gasteiger charge is -2.06. The third-order valence-corrected chi connectivity index (χ3v) is 2.02. The second-order valence-corrected chi connectivity index (χ2v) is 3.34. The molecule has 0 aliphatic rings. The molecule has 1 unspecified atom stereocenters. The minimum absolute atomic E-state index is 0.0737. The number of halogens is 2. The van der Waals surface area contributed by atoms with Crippen LogP contribution in [0.3, 0.4) is 0 Å². The third kappa shape index (κ3) is 2.02. The van der Waals surface area contributed by atoms with Gasteiger partial charge in [-0.2, -0.15) is 0 Å². The first-order valence-electron chi connectivity index (χ1n) is 3.91. The van der Waals surface area contributed by atoms with Gasteiger partial charge in [0.15, 0.2) is 5.78 Å². The quantitative estimate of drug-likeness (QED) is 0.742. The number of phenols is 1. The monoisotopic (exact) mass is 217 g/mol. The fraction of sp³-hybridized carbons (Fsp3) is 0.222. The molecular formula is C9H9ClFNO2. The Morgan fingerprint density at radius 1 is 1.64 bits per heavy atom. The lowest BCUT2D eigenvalue weighted by atomic mass is 10.1. The van der Waals surface area contributed by atoms with Crippen LogP contribution in [0.4, 0.5) is 4.39 Å². The van der Waals surface area contributed by atoms with Crippen LogP contribution in [0, 0.1) is 5.82 Å². The number of phenolic OH excluding ortho intramolecular Hbond substituents is 1. The molecule has 0 saturated carbocycles.